The number of rotatable bonds is 37. The minimum absolute atomic E-state index is 0.208. The molecule has 0 saturated heterocycles. The Hall–Kier alpha value is -1.99. The summed E-state index contributed by atoms with van der Waals surface area (Å²) in [4.78, 5) is 34.4. The SMILES string of the molecule is CC/C=C\C/C=C\C/C=C\CCCCCC(=O)OC(COC(=O)CCCCCCCCCCC/C=C\CCCCCCCC)COP(=O)(O)OC. The van der Waals surface area contributed by atoms with Gasteiger partial charge in [0.25, 0.3) is 0 Å². The quantitative estimate of drug-likeness (QED) is 0.0290. The molecule has 0 aromatic rings. The zero-order valence-electron chi connectivity index (χ0n) is 32.7. The van der Waals surface area contributed by atoms with Crippen LogP contribution in [0.25, 0.3) is 0 Å². The normalized spacial score (nSPS) is 13.9. The fourth-order valence-corrected chi connectivity index (χ4v) is 5.89. The van der Waals surface area contributed by atoms with E-state index < -0.39 is 26.5 Å². The van der Waals surface area contributed by atoms with Gasteiger partial charge in [-0.3, -0.25) is 18.6 Å². The number of allylic oxidation sites excluding steroid dienone is 8. The van der Waals surface area contributed by atoms with Crippen molar-refractivity contribution in [2.45, 2.75) is 187 Å². The highest BCUT2D eigenvalue weighted by atomic mass is 31.2. The molecular weight excluding hydrogens is 663 g/mol. The Morgan fingerprint density at radius 2 is 1.00 bits per heavy atom. The molecule has 51 heavy (non-hydrogen) atoms. The molecule has 0 aromatic carbocycles. The van der Waals surface area contributed by atoms with Gasteiger partial charge in [-0.05, 0) is 70.6 Å². The van der Waals surface area contributed by atoms with E-state index in [-0.39, 0.29) is 25.4 Å². The Labute approximate surface area is 312 Å². The second kappa shape index (κ2) is 37.8. The predicted octanol–water partition coefficient (Wildman–Crippen LogP) is 12.6. The molecule has 1 N–H and O–H groups in total. The van der Waals surface area contributed by atoms with E-state index in [2.05, 4.69) is 67.0 Å². The highest BCUT2D eigenvalue weighted by molar-refractivity contribution is 7.47. The van der Waals surface area contributed by atoms with E-state index in [4.69, 9.17) is 14.0 Å². The summed E-state index contributed by atoms with van der Waals surface area (Å²) < 4.78 is 31.9. The van der Waals surface area contributed by atoms with Gasteiger partial charge in [-0.2, -0.15) is 0 Å². The van der Waals surface area contributed by atoms with Crippen molar-refractivity contribution in [3.8, 4) is 0 Å². The lowest BCUT2D eigenvalue weighted by Gasteiger charge is -2.19. The predicted molar refractivity (Wildman–Crippen MR) is 212 cm³/mol. The zero-order valence-corrected chi connectivity index (χ0v) is 33.6. The molecule has 0 fully saturated rings. The molecule has 0 heterocycles. The smallest absolute Gasteiger partial charge is 0.462 e. The average molecular weight is 739 g/mol. The van der Waals surface area contributed by atoms with Crippen LogP contribution in [0.3, 0.4) is 0 Å². The third kappa shape index (κ3) is 37.6. The van der Waals surface area contributed by atoms with Crippen molar-refractivity contribution in [1.29, 1.82) is 0 Å². The zero-order chi connectivity index (χ0) is 37.5. The molecule has 0 aliphatic rings. The van der Waals surface area contributed by atoms with Gasteiger partial charge < -0.3 is 14.4 Å². The van der Waals surface area contributed by atoms with Gasteiger partial charge >= 0.3 is 19.8 Å². The summed E-state index contributed by atoms with van der Waals surface area (Å²) >= 11 is 0. The molecule has 2 atom stereocenters. The van der Waals surface area contributed by atoms with Gasteiger partial charge in [0.2, 0.25) is 0 Å². The third-order valence-electron chi connectivity index (χ3n) is 8.56. The van der Waals surface area contributed by atoms with Crippen LogP contribution >= 0.6 is 7.82 Å². The van der Waals surface area contributed by atoms with E-state index in [9.17, 15) is 19.0 Å². The Kier molecular flexibility index (Phi) is 36.3. The molecule has 0 aliphatic carbocycles. The molecule has 8 nitrogen and oxygen atoms in total. The second-order valence-corrected chi connectivity index (χ2v) is 14.9. The molecule has 2 unspecified atom stereocenters. The Morgan fingerprint density at radius 1 is 0.569 bits per heavy atom. The Morgan fingerprint density at radius 3 is 1.53 bits per heavy atom. The van der Waals surface area contributed by atoms with Crippen LogP contribution in [0.1, 0.15) is 181 Å². The van der Waals surface area contributed by atoms with Gasteiger partial charge in [0.1, 0.15) is 6.61 Å². The number of hydrogen-bond acceptors (Lipinski definition) is 7. The summed E-state index contributed by atoms with van der Waals surface area (Å²) in [5.74, 6) is -0.842. The van der Waals surface area contributed by atoms with E-state index in [1.807, 2.05) is 0 Å². The van der Waals surface area contributed by atoms with Gasteiger partial charge in [0, 0.05) is 20.0 Å². The molecule has 0 aromatic heterocycles. The van der Waals surface area contributed by atoms with Crippen LogP contribution in [0.2, 0.25) is 0 Å². The highest BCUT2D eigenvalue weighted by Gasteiger charge is 2.24. The van der Waals surface area contributed by atoms with E-state index in [0.717, 1.165) is 64.9 Å². The molecule has 0 amide bonds. The summed E-state index contributed by atoms with van der Waals surface area (Å²) in [6.07, 6.45) is 44.5. The van der Waals surface area contributed by atoms with Crippen molar-refractivity contribution in [1.82, 2.24) is 0 Å². The molecular formula is C42H75O8P. The topological polar surface area (TPSA) is 108 Å². The van der Waals surface area contributed by atoms with Crippen LogP contribution < -0.4 is 0 Å². The lowest BCUT2D eigenvalue weighted by atomic mass is 10.1. The van der Waals surface area contributed by atoms with Crippen molar-refractivity contribution in [3.05, 3.63) is 48.6 Å². The van der Waals surface area contributed by atoms with Crippen molar-refractivity contribution in [2.24, 2.45) is 0 Å². The maximum Gasteiger partial charge on any atom is 0.472 e. The van der Waals surface area contributed by atoms with E-state index in [1.54, 1.807) is 0 Å². The third-order valence-corrected chi connectivity index (χ3v) is 9.49. The largest absolute Gasteiger partial charge is 0.472 e. The molecule has 0 rings (SSSR count). The van der Waals surface area contributed by atoms with E-state index in [1.165, 1.54) is 89.9 Å². The minimum atomic E-state index is -4.27. The highest BCUT2D eigenvalue weighted by Crippen LogP contribution is 2.42. The molecule has 0 aliphatic heterocycles. The number of carbonyl (C=O) groups is 2. The molecule has 296 valence electrons. The molecule has 0 saturated carbocycles. The van der Waals surface area contributed by atoms with Crippen molar-refractivity contribution < 1.29 is 37.6 Å². The first kappa shape index (κ1) is 49.0. The fraction of sp³-hybridized carbons (Fsp3) is 0.762. The molecule has 0 radical (unpaired) electrons. The molecule has 0 bridgehead atoms. The number of phosphoric ester groups is 1. The number of hydrogen-bond donors (Lipinski definition) is 1. The van der Waals surface area contributed by atoms with Gasteiger partial charge in [-0.1, -0.05) is 146 Å². The fourth-order valence-electron chi connectivity index (χ4n) is 5.43. The lowest BCUT2D eigenvalue weighted by Crippen LogP contribution is -2.29. The summed E-state index contributed by atoms with van der Waals surface area (Å²) in [5.41, 5.74) is 0. The van der Waals surface area contributed by atoms with Crippen LogP contribution in [-0.2, 0) is 32.7 Å². The van der Waals surface area contributed by atoms with Crippen molar-refractivity contribution in [3.63, 3.8) is 0 Å². The van der Waals surface area contributed by atoms with Gasteiger partial charge in [-0.25, -0.2) is 4.57 Å². The lowest BCUT2D eigenvalue weighted by molar-refractivity contribution is -0.161. The molecule has 0 spiro atoms. The summed E-state index contributed by atoms with van der Waals surface area (Å²) in [6, 6.07) is 0. The first-order valence-electron chi connectivity index (χ1n) is 20.3. The van der Waals surface area contributed by atoms with E-state index in [0.29, 0.717) is 6.42 Å². The Bertz CT molecular complexity index is 974. The number of carbonyl (C=O) groups excluding carboxylic acids is 2. The van der Waals surface area contributed by atoms with Crippen LogP contribution in [-0.4, -0.2) is 43.3 Å². The standard InChI is InChI=1S/C42H75O8P/c1-4-6-8-10-12-14-16-18-19-20-21-22-23-25-26-28-30-32-34-36-41(43)48-38-40(39-49-51(45,46)47-3)50-42(44)37-35-33-31-29-27-24-17-15-13-11-9-7-5-2/h7,9,13,15,18-19,24,27,40H,4-6,8,10-12,14,16-17,20-23,25-26,28-39H2,1-3H3,(H,45,46)/b9-7-,15-13-,19-18-,27-24-. The number of esters is 2. The van der Waals surface area contributed by atoms with Crippen LogP contribution in [0.15, 0.2) is 48.6 Å². The van der Waals surface area contributed by atoms with Gasteiger partial charge in [0.15, 0.2) is 6.10 Å². The number of ether oxygens (including phenoxy) is 2. The minimum Gasteiger partial charge on any atom is -0.462 e. The second-order valence-electron chi connectivity index (χ2n) is 13.4. The van der Waals surface area contributed by atoms with Crippen LogP contribution in [0.5, 0.6) is 0 Å². The summed E-state index contributed by atoms with van der Waals surface area (Å²) in [7, 11) is -3.21. The maximum atomic E-state index is 12.4. The Balaban J connectivity index is 4.02. The number of unbranched alkanes of at least 4 members (excludes halogenated alkanes) is 18. The van der Waals surface area contributed by atoms with Gasteiger partial charge in [-0.15, -0.1) is 0 Å². The van der Waals surface area contributed by atoms with Crippen molar-refractivity contribution in [2.75, 3.05) is 20.3 Å². The monoisotopic (exact) mass is 739 g/mol. The maximum absolute atomic E-state index is 12.4. The first-order chi connectivity index (χ1) is 24.8. The summed E-state index contributed by atoms with van der Waals surface area (Å²) in [5, 5.41) is 0. The van der Waals surface area contributed by atoms with Crippen LogP contribution in [0, 0.1) is 0 Å². The average Bonchev–Trinajstić information content (AvgIpc) is 3.12. The van der Waals surface area contributed by atoms with E-state index >= 15 is 0 Å². The first-order valence-corrected chi connectivity index (χ1v) is 21.8. The van der Waals surface area contributed by atoms with Crippen LogP contribution in [0.4, 0.5) is 0 Å². The van der Waals surface area contributed by atoms with Gasteiger partial charge in [0.05, 0.1) is 6.61 Å². The molecule has 9 heteroatoms. The summed E-state index contributed by atoms with van der Waals surface area (Å²) in [6.45, 7) is 3.74. The number of phosphoric acid groups is 1. The van der Waals surface area contributed by atoms with Crippen molar-refractivity contribution >= 4 is 19.8 Å².